The van der Waals surface area contributed by atoms with Crippen LogP contribution in [0.4, 0.5) is 18.9 Å². The lowest BCUT2D eigenvalue weighted by Crippen LogP contribution is -2.26. The van der Waals surface area contributed by atoms with Crippen LogP contribution in [-0.4, -0.2) is 21.4 Å². The van der Waals surface area contributed by atoms with E-state index >= 15 is 0 Å². The van der Waals surface area contributed by atoms with Crippen molar-refractivity contribution in [2.45, 2.75) is 12.7 Å². The second-order valence-corrected chi connectivity index (χ2v) is 8.81. The Hall–Kier alpha value is -3.20. The Labute approximate surface area is 211 Å². The molecule has 4 aromatic rings. The predicted molar refractivity (Wildman–Crippen MR) is 129 cm³/mol. The molecule has 3 aromatic carbocycles. The number of rotatable bonds is 5. The number of phenols is 1. The molecule has 1 aromatic heterocycles. The summed E-state index contributed by atoms with van der Waals surface area (Å²) < 4.78 is 44.0. The molecule has 0 aliphatic rings. The monoisotopic (exact) mass is 540 g/mol. The lowest BCUT2D eigenvalue weighted by atomic mass is 10.0. The minimum absolute atomic E-state index is 0.0243. The van der Waals surface area contributed by atoms with Gasteiger partial charge in [-0.2, -0.15) is 13.2 Å². The summed E-state index contributed by atoms with van der Waals surface area (Å²) in [5.74, 6) is -3.09. The van der Waals surface area contributed by atoms with Crippen LogP contribution in [0.15, 0.2) is 60.7 Å². The number of carbonyl (C=O) groups excluding carboxylic acids is 2. The molecule has 0 unspecified atom stereocenters. The zero-order valence-electron chi connectivity index (χ0n) is 17.5. The summed E-state index contributed by atoms with van der Waals surface area (Å²) in [6.45, 7) is -0.377. The molecule has 0 radical (unpaired) electrons. The SMILES string of the molecule is O=C(Nc1ccc(Cl)cc1)C(=O)c1c(C(F)(F)F)n(Cc2ccc(Cl)cc2Cl)c2ccc(O)cc12. The number of carbonyl (C=O) groups is 2. The van der Waals surface area contributed by atoms with Gasteiger partial charge in [0.1, 0.15) is 11.4 Å². The van der Waals surface area contributed by atoms with Crippen LogP contribution < -0.4 is 5.32 Å². The summed E-state index contributed by atoms with van der Waals surface area (Å²) in [7, 11) is 0. The number of aromatic nitrogens is 1. The molecular formula is C24H14Cl3F3N2O3. The molecule has 0 bridgehead atoms. The Morgan fingerprint density at radius 3 is 2.20 bits per heavy atom. The van der Waals surface area contributed by atoms with Crippen molar-refractivity contribution in [3.05, 3.63) is 92.6 Å². The fourth-order valence-corrected chi connectivity index (χ4v) is 4.28. The molecule has 11 heteroatoms. The number of aromatic hydroxyl groups is 1. The van der Waals surface area contributed by atoms with Crippen LogP contribution in [0.5, 0.6) is 5.75 Å². The maximum Gasteiger partial charge on any atom is 0.432 e. The van der Waals surface area contributed by atoms with Crippen molar-refractivity contribution in [2.24, 2.45) is 0 Å². The number of hydrogen-bond acceptors (Lipinski definition) is 3. The second kappa shape index (κ2) is 9.45. The molecule has 1 amide bonds. The van der Waals surface area contributed by atoms with E-state index in [1.165, 1.54) is 54.6 Å². The molecule has 0 saturated heterocycles. The fraction of sp³-hybridized carbons (Fsp3) is 0.0833. The highest BCUT2D eigenvalue weighted by atomic mass is 35.5. The van der Waals surface area contributed by atoms with E-state index in [1.807, 2.05) is 0 Å². The first kappa shape index (κ1) is 24.9. The number of anilines is 1. The zero-order chi connectivity index (χ0) is 25.5. The first-order valence-electron chi connectivity index (χ1n) is 9.93. The van der Waals surface area contributed by atoms with Gasteiger partial charge in [-0.05, 0) is 60.2 Å². The highest BCUT2D eigenvalue weighted by molar-refractivity contribution is 6.48. The van der Waals surface area contributed by atoms with Gasteiger partial charge in [-0.1, -0.05) is 40.9 Å². The van der Waals surface area contributed by atoms with Gasteiger partial charge in [0.15, 0.2) is 0 Å². The maximum atomic E-state index is 14.4. The first-order valence-corrected chi connectivity index (χ1v) is 11.1. The first-order chi connectivity index (χ1) is 16.5. The molecule has 1 heterocycles. The molecule has 0 saturated carbocycles. The van der Waals surface area contributed by atoms with E-state index < -0.39 is 29.1 Å². The molecule has 0 aliphatic heterocycles. The highest BCUT2D eigenvalue weighted by Gasteiger charge is 2.42. The number of Topliss-reactive ketones (excluding diaryl/α,β-unsaturated/α-hetero) is 1. The van der Waals surface area contributed by atoms with E-state index in [-0.39, 0.29) is 33.9 Å². The third-order valence-electron chi connectivity index (χ3n) is 5.19. The van der Waals surface area contributed by atoms with Crippen LogP contribution in [0.2, 0.25) is 15.1 Å². The fourth-order valence-electron chi connectivity index (χ4n) is 3.69. The van der Waals surface area contributed by atoms with Gasteiger partial charge in [0.25, 0.3) is 11.7 Å². The number of hydrogen-bond donors (Lipinski definition) is 2. The number of nitrogens with one attached hydrogen (secondary N) is 1. The van der Waals surface area contributed by atoms with Crippen LogP contribution in [0.3, 0.4) is 0 Å². The van der Waals surface area contributed by atoms with Crippen molar-refractivity contribution in [1.29, 1.82) is 0 Å². The minimum atomic E-state index is -5.03. The van der Waals surface area contributed by atoms with Gasteiger partial charge in [0.05, 0.1) is 5.56 Å². The van der Waals surface area contributed by atoms with Gasteiger partial charge in [-0.25, -0.2) is 0 Å². The summed E-state index contributed by atoms with van der Waals surface area (Å²) in [6.07, 6.45) is -5.03. The lowest BCUT2D eigenvalue weighted by molar-refractivity contribution is -0.143. The second-order valence-electron chi connectivity index (χ2n) is 7.53. The van der Waals surface area contributed by atoms with E-state index in [0.717, 1.165) is 10.6 Å². The number of fused-ring (bicyclic) bond motifs is 1. The summed E-state index contributed by atoms with van der Waals surface area (Å²) in [5, 5.41) is 12.8. The summed E-state index contributed by atoms with van der Waals surface area (Å²) in [6, 6.07) is 13.4. The number of phenolic OH excluding ortho intramolecular Hbond substituents is 1. The van der Waals surface area contributed by atoms with E-state index in [2.05, 4.69) is 5.32 Å². The average molecular weight is 542 g/mol. The van der Waals surface area contributed by atoms with Crippen LogP contribution in [0.25, 0.3) is 10.9 Å². The van der Waals surface area contributed by atoms with Crippen molar-refractivity contribution in [2.75, 3.05) is 5.32 Å². The Morgan fingerprint density at radius 2 is 1.57 bits per heavy atom. The number of benzene rings is 3. The Kier molecular flexibility index (Phi) is 6.73. The molecule has 2 N–H and O–H groups in total. The van der Waals surface area contributed by atoms with Gasteiger partial charge >= 0.3 is 6.18 Å². The maximum absolute atomic E-state index is 14.4. The zero-order valence-corrected chi connectivity index (χ0v) is 19.7. The van der Waals surface area contributed by atoms with E-state index in [1.54, 1.807) is 0 Å². The van der Waals surface area contributed by atoms with Crippen LogP contribution in [0, 0.1) is 0 Å². The molecular weight excluding hydrogens is 528 g/mol. The normalized spacial score (nSPS) is 11.6. The number of alkyl halides is 3. The number of amides is 1. The van der Waals surface area contributed by atoms with E-state index in [9.17, 15) is 27.9 Å². The van der Waals surface area contributed by atoms with Crippen LogP contribution in [0.1, 0.15) is 21.6 Å². The Bertz CT molecular complexity index is 1470. The van der Waals surface area contributed by atoms with Crippen molar-refractivity contribution < 1.29 is 27.9 Å². The minimum Gasteiger partial charge on any atom is -0.508 e. The number of halogens is 6. The quantitative estimate of drug-likeness (QED) is 0.207. The van der Waals surface area contributed by atoms with Gasteiger partial charge < -0.3 is 15.0 Å². The highest BCUT2D eigenvalue weighted by Crippen LogP contribution is 2.40. The van der Waals surface area contributed by atoms with Crippen LogP contribution in [-0.2, 0) is 17.5 Å². The number of ketones is 1. The van der Waals surface area contributed by atoms with Crippen molar-refractivity contribution in [3.8, 4) is 5.75 Å². The molecule has 0 spiro atoms. The van der Waals surface area contributed by atoms with Gasteiger partial charge in [-0.15, -0.1) is 0 Å². The molecule has 0 atom stereocenters. The summed E-state index contributed by atoms with van der Waals surface area (Å²) in [5.41, 5.74) is -1.79. The predicted octanol–water partition coefficient (Wildman–Crippen LogP) is 7.20. The van der Waals surface area contributed by atoms with Gasteiger partial charge in [-0.3, -0.25) is 9.59 Å². The van der Waals surface area contributed by atoms with Crippen molar-refractivity contribution >= 4 is 63.1 Å². The molecule has 0 aliphatic carbocycles. The Morgan fingerprint density at radius 1 is 0.914 bits per heavy atom. The molecule has 4 rings (SSSR count). The third-order valence-corrected chi connectivity index (χ3v) is 6.03. The smallest absolute Gasteiger partial charge is 0.432 e. The van der Waals surface area contributed by atoms with E-state index in [0.29, 0.717) is 15.6 Å². The summed E-state index contributed by atoms with van der Waals surface area (Å²) in [4.78, 5) is 25.8. The molecule has 35 heavy (non-hydrogen) atoms. The van der Waals surface area contributed by atoms with Gasteiger partial charge in [0, 0.05) is 38.2 Å². The van der Waals surface area contributed by atoms with E-state index in [4.69, 9.17) is 34.8 Å². The Balaban J connectivity index is 1.89. The molecule has 180 valence electrons. The number of nitrogens with zero attached hydrogens (tertiary/aromatic N) is 1. The van der Waals surface area contributed by atoms with Crippen molar-refractivity contribution in [3.63, 3.8) is 0 Å². The van der Waals surface area contributed by atoms with Gasteiger partial charge in [0.2, 0.25) is 0 Å². The van der Waals surface area contributed by atoms with Crippen LogP contribution >= 0.6 is 34.8 Å². The lowest BCUT2D eigenvalue weighted by Gasteiger charge is -2.15. The average Bonchev–Trinajstić information content (AvgIpc) is 3.10. The topological polar surface area (TPSA) is 71.3 Å². The molecule has 5 nitrogen and oxygen atoms in total. The summed E-state index contributed by atoms with van der Waals surface area (Å²) >= 11 is 17.9. The third kappa shape index (κ3) is 5.10. The molecule has 0 fully saturated rings. The van der Waals surface area contributed by atoms with Crippen molar-refractivity contribution in [1.82, 2.24) is 4.57 Å². The largest absolute Gasteiger partial charge is 0.508 e. The standard InChI is InChI=1S/C24H14Cl3F3N2O3/c25-13-3-5-15(6-4-13)31-23(35)21(34)20-17-10-16(33)7-8-19(17)32(22(20)24(28,29)30)11-12-1-2-14(26)9-18(12)27/h1-10,33H,11H2,(H,31,35).